The first kappa shape index (κ1) is 13.1. The Balaban J connectivity index is 2.20. The van der Waals surface area contributed by atoms with Crippen LogP contribution in [-0.4, -0.2) is 25.0 Å². The number of hydrogen-bond donors (Lipinski definition) is 1. The Bertz CT molecular complexity index is 525. The van der Waals surface area contributed by atoms with Crippen LogP contribution in [0.2, 0.25) is 0 Å². The third-order valence-electron chi connectivity index (χ3n) is 3.24. The van der Waals surface area contributed by atoms with E-state index in [-0.39, 0.29) is 17.4 Å². The molecule has 0 aliphatic carbocycles. The molecule has 1 heterocycles. The zero-order valence-corrected chi connectivity index (χ0v) is 12.0. The Morgan fingerprint density at radius 2 is 2.18 bits per heavy atom. The number of halogens is 1. The minimum absolute atomic E-state index is 0.100. The predicted octanol–water partition coefficient (Wildman–Crippen LogP) is 2.23. The second-order valence-corrected chi connectivity index (χ2v) is 7.70. The number of hydrogen-bond acceptors (Lipinski definition) is 3. The Kier molecular flexibility index (Phi) is 3.61. The standard InChI is InChI=1S/C12H15BrO3S/c1-8-6-9(2-3-11(8)13)12(14)10-4-5-17(15,16)7-10/h2-3,6,10,12,14H,4-5,7H2,1H3. The molecule has 1 N–H and O–H groups in total. The highest BCUT2D eigenvalue weighted by Crippen LogP contribution is 2.32. The Labute approximate surface area is 110 Å². The number of benzene rings is 1. The average molecular weight is 319 g/mol. The molecule has 0 spiro atoms. The fourth-order valence-corrected chi connectivity index (χ4v) is 4.27. The fourth-order valence-electron chi connectivity index (χ4n) is 2.20. The monoisotopic (exact) mass is 318 g/mol. The Morgan fingerprint density at radius 1 is 1.47 bits per heavy atom. The Morgan fingerprint density at radius 3 is 2.71 bits per heavy atom. The van der Waals surface area contributed by atoms with Gasteiger partial charge in [-0.1, -0.05) is 28.1 Å². The van der Waals surface area contributed by atoms with E-state index in [0.717, 1.165) is 15.6 Å². The van der Waals surface area contributed by atoms with Gasteiger partial charge in [-0.3, -0.25) is 0 Å². The predicted molar refractivity (Wildman–Crippen MR) is 70.6 cm³/mol. The summed E-state index contributed by atoms with van der Waals surface area (Å²) >= 11 is 3.40. The van der Waals surface area contributed by atoms with Crippen molar-refractivity contribution in [1.29, 1.82) is 0 Å². The van der Waals surface area contributed by atoms with Gasteiger partial charge in [-0.25, -0.2) is 8.42 Å². The van der Waals surface area contributed by atoms with Gasteiger partial charge in [0.15, 0.2) is 9.84 Å². The lowest BCUT2D eigenvalue weighted by molar-refractivity contribution is 0.121. The quantitative estimate of drug-likeness (QED) is 0.909. The highest BCUT2D eigenvalue weighted by molar-refractivity contribution is 9.10. The van der Waals surface area contributed by atoms with E-state index in [2.05, 4.69) is 15.9 Å². The van der Waals surface area contributed by atoms with Gasteiger partial charge >= 0.3 is 0 Å². The number of aliphatic hydroxyl groups excluding tert-OH is 1. The van der Waals surface area contributed by atoms with Gasteiger partial charge in [0, 0.05) is 10.4 Å². The zero-order valence-electron chi connectivity index (χ0n) is 9.56. The molecule has 0 aromatic heterocycles. The highest BCUT2D eigenvalue weighted by atomic mass is 79.9. The van der Waals surface area contributed by atoms with E-state index in [1.807, 2.05) is 25.1 Å². The van der Waals surface area contributed by atoms with Crippen molar-refractivity contribution < 1.29 is 13.5 Å². The summed E-state index contributed by atoms with van der Waals surface area (Å²) in [6, 6.07) is 5.63. The number of sulfone groups is 1. The van der Waals surface area contributed by atoms with Gasteiger partial charge in [-0.05, 0) is 30.5 Å². The van der Waals surface area contributed by atoms with Gasteiger partial charge in [0.25, 0.3) is 0 Å². The maximum absolute atomic E-state index is 11.4. The molecule has 3 nitrogen and oxygen atoms in total. The summed E-state index contributed by atoms with van der Waals surface area (Å²) in [5.41, 5.74) is 1.84. The van der Waals surface area contributed by atoms with Crippen molar-refractivity contribution in [2.45, 2.75) is 19.4 Å². The van der Waals surface area contributed by atoms with E-state index in [1.165, 1.54) is 0 Å². The van der Waals surface area contributed by atoms with Crippen LogP contribution in [0.15, 0.2) is 22.7 Å². The Hall–Kier alpha value is -0.390. The molecule has 1 fully saturated rings. The van der Waals surface area contributed by atoms with Gasteiger partial charge < -0.3 is 5.11 Å². The summed E-state index contributed by atoms with van der Waals surface area (Å²) < 4.78 is 23.8. The normalized spacial score (nSPS) is 24.8. The first-order chi connectivity index (χ1) is 7.89. The maximum atomic E-state index is 11.4. The molecule has 0 bridgehead atoms. The number of rotatable bonds is 2. The van der Waals surface area contributed by atoms with Crippen LogP contribution in [-0.2, 0) is 9.84 Å². The van der Waals surface area contributed by atoms with Gasteiger partial charge in [-0.2, -0.15) is 0 Å². The summed E-state index contributed by atoms with van der Waals surface area (Å²) in [5, 5.41) is 10.2. The lowest BCUT2D eigenvalue weighted by Crippen LogP contribution is -2.14. The van der Waals surface area contributed by atoms with Crippen LogP contribution in [0.25, 0.3) is 0 Å². The molecule has 2 unspecified atom stereocenters. The van der Waals surface area contributed by atoms with Crippen molar-refractivity contribution >= 4 is 25.8 Å². The van der Waals surface area contributed by atoms with Crippen molar-refractivity contribution in [2.75, 3.05) is 11.5 Å². The average Bonchev–Trinajstić information content (AvgIpc) is 2.62. The molecule has 2 atom stereocenters. The van der Waals surface area contributed by atoms with E-state index >= 15 is 0 Å². The molecule has 17 heavy (non-hydrogen) atoms. The minimum Gasteiger partial charge on any atom is -0.388 e. The second-order valence-electron chi connectivity index (χ2n) is 4.62. The first-order valence-electron chi connectivity index (χ1n) is 5.53. The molecule has 94 valence electrons. The molecule has 0 amide bonds. The van der Waals surface area contributed by atoms with Crippen molar-refractivity contribution in [3.63, 3.8) is 0 Å². The van der Waals surface area contributed by atoms with E-state index in [0.29, 0.717) is 6.42 Å². The zero-order chi connectivity index (χ0) is 12.6. The SMILES string of the molecule is Cc1cc(C(O)C2CCS(=O)(=O)C2)ccc1Br. The fraction of sp³-hybridized carbons (Fsp3) is 0.500. The van der Waals surface area contributed by atoms with Gasteiger partial charge in [0.1, 0.15) is 0 Å². The van der Waals surface area contributed by atoms with Crippen LogP contribution < -0.4 is 0 Å². The summed E-state index contributed by atoms with van der Waals surface area (Å²) in [5.74, 6) is 0.133. The van der Waals surface area contributed by atoms with E-state index in [1.54, 1.807) is 0 Å². The molecule has 1 aromatic rings. The van der Waals surface area contributed by atoms with Crippen molar-refractivity contribution in [3.8, 4) is 0 Å². The van der Waals surface area contributed by atoms with E-state index in [9.17, 15) is 13.5 Å². The molecule has 1 saturated heterocycles. The summed E-state index contributed by atoms with van der Waals surface area (Å²) in [7, 11) is -2.94. The number of aryl methyl sites for hydroxylation is 1. The van der Waals surface area contributed by atoms with Crippen LogP contribution >= 0.6 is 15.9 Å². The largest absolute Gasteiger partial charge is 0.388 e. The molecule has 1 aliphatic rings. The van der Waals surface area contributed by atoms with Gasteiger partial charge in [0.2, 0.25) is 0 Å². The van der Waals surface area contributed by atoms with Crippen LogP contribution in [0.3, 0.4) is 0 Å². The third-order valence-corrected chi connectivity index (χ3v) is 5.92. The van der Waals surface area contributed by atoms with Crippen molar-refractivity contribution in [1.82, 2.24) is 0 Å². The van der Waals surface area contributed by atoms with Gasteiger partial charge in [0.05, 0.1) is 17.6 Å². The molecular weight excluding hydrogens is 304 g/mol. The molecule has 1 aromatic carbocycles. The molecule has 5 heteroatoms. The van der Waals surface area contributed by atoms with Crippen LogP contribution in [0.1, 0.15) is 23.7 Å². The maximum Gasteiger partial charge on any atom is 0.150 e. The van der Waals surface area contributed by atoms with Crippen molar-refractivity contribution in [3.05, 3.63) is 33.8 Å². The number of aliphatic hydroxyl groups is 1. The molecule has 1 aliphatic heterocycles. The lowest BCUT2D eigenvalue weighted by Gasteiger charge is -2.17. The molecular formula is C12H15BrO3S. The highest BCUT2D eigenvalue weighted by Gasteiger charge is 2.33. The van der Waals surface area contributed by atoms with E-state index < -0.39 is 15.9 Å². The smallest absolute Gasteiger partial charge is 0.150 e. The summed E-state index contributed by atoms with van der Waals surface area (Å²) in [6.07, 6.45) is -0.127. The van der Waals surface area contributed by atoms with Crippen LogP contribution in [0.4, 0.5) is 0 Å². The second kappa shape index (κ2) is 4.71. The molecule has 0 saturated carbocycles. The third kappa shape index (κ3) is 2.89. The van der Waals surface area contributed by atoms with Crippen LogP contribution in [0.5, 0.6) is 0 Å². The van der Waals surface area contributed by atoms with E-state index in [4.69, 9.17) is 0 Å². The minimum atomic E-state index is -2.94. The lowest BCUT2D eigenvalue weighted by atomic mass is 9.94. The molecule has 0 radical (unpaired) electrons. The first-order valence-corrected chi connectivity index (χ1v) is 8.15. The summed E-state index contributed by atoms with van der Waals surface area (Å²) in [6.45, 7) is 1.95. The summed E-state index contributed by atoms with van der Waals surface area (Å²) in [4.78, 5) is 0. The van der Waals surface area contributed by atoms with Gasteiger partial charge in [-0.15, -0.1) is 0 Å². The van der Waals surface area contributed by atoms with Crippen LogP contribution in [0, 0.1) is 12.8 Å². The molecule has 2 rings (SSSR count). The van der Waals surface area contributed by atoms with Crippen molar-refractivity contribution in [2.24, 2.45) is 5.92 Å². The topological polar surface area (TPSA) is 54.4 Å².